The smallest absolute Gasteiger partial charge is 0.230 e. The predicted molar refractivity (Wildman–Crippen MR) is 85.2 cm³/mol. The van der Waals surface area contributed by atoms with Gasteiger partial charge < -0.3 is 5.32 Å². The van der Waals surface area contributed by atoms with Crippen molar-refractivity contribution in [1.29, 1.82) is 0 Å². The zero-order chi connectivity index (χ0) is 14.6. The zero-order valence-electron chi connectivity index (χ0n) is 13.1. The second-order valence-corrected chi connectivity index (χ2v) is 7.92. The normalized spacial score (nSPS) is 36.8. The Balaban J connectivity index is 1.60. The van der Waals surface area contributed by atoms with Gasteiger partial charge in [0, 0.05) is 5.69 Å². The summed E-state index contributed by atoms with van der Waals surface area (Å²) < 4.78 is 0. The average molecular weight is 283 g/mol. The minimum absolute atomic E-state index is 0.0521. The van der Waals surface area contributed by atoms with Crippen LogP contribution in [0, 0.1) is 37.0 Å². The lowest BCUT2D eigenvalue weighted by molar-refractivity contribution is -0.140. The minimum atomic E-state index is -0.0521. The van der Waals surface area contributed by atoms with E-state index in [-0.39, 0.29) is 5.41 Å². The summed E-state index contributed by atoms with van der Waals surface area (Å²) in [6.45, 7) is 4.17. The molecule has 1 aromatic carbocycles. The van der Waals surface area contributed by atoms with Gasteiger partial charge in [-0.1, -0.05) is 18.2 Å². The van der Waals surface area contributed by atoms with Crippen LogP contribution < -0.4 is 5.32 Å². The fourth-order valence-corrected chi connectivity index (χ4v) is 5.65. The van der Waals surface area contributed by atoms with E-state index in [0.29, 0.717) is 5.91 Å². The van der Waals surface area contributed by atoms with Crippen molar-refractivity contribution in [3.63, 3.8) is 0 Å². The van der Waals surface area contributed by atoms with Crippen molar-refractivity contribution < 1.29 is 4.79 Å². The Morgan fingerprint density at radius 3 is 1.95 bits per heavy atom. The first-order valence-corrected chi connectivity index (χ1v) is 8.43. The number of carbonyl (C=O) groups excluding carboxylic acids is 1. The van der Waals surface area contributed by atoms with Crippen LogP contribution in [0.25, 0.3) is 0 Å². The van der Waals surface area contributed by atoms with Crippen molar-refractivity contribution in [3.05, 3.63) is 29.3 Å². The molecule has 21 heavy (non-hydrogen) atoms. The van der Waals surface area contributed by atoms with Crippen LogP contribution in [0.5, 0.6) is 0 Å². The first-order chi connectivity index (χ1) is 10.1. The number of hydrogen-bond acceptors (Lipinski definition) is 1. The number of aryl methyl sites for hydroxylation is 2. The van der Waals surface area contributed by atoms with Crippen molar-refractivity contribution in [2.24, 2.45) is 23.2 Å². The highest BCUT2D eigenvalue weighted by Gasteiger charge is 2.54. The summed E-state index contributed by atoms with van der Waals surface area (Å²) in [5, 5.41) is 3.30. The molecular weight excluding hydrogens is 258 g/mol. The third-order valence-corrected chi connectivity index (χ3v) is 6.24. The van der Waals surface area contributed by atoms with Gasteiger partial charge in [0.05, 0.1) is 5.41 Å². The van der Waals surface area contributed by atoms with Gasteiger partial charge in [-0.15, -0.1) is 0 Å². The molecule has 4 saturated carbocycles. The first-order valence-electron chi connectivity index (χ1n) is 8.43. The van der Waals surface area contributed by atoms with E-state index in [1.807, 2.05) is 0 Å². The molecule has 1 aromatic rings. The van der Waals surface area contributed by atoms with E-state index in [1.54, 1.807) is 0 Å². The molecule has 2 heteroatoms. The standard InChI is InChI=1S/C19H25NO/c1-12-4-3-5-13(2)17(12)20-18(21)19-9-14-6-15(10-19)8-16(7-14)11-19/h3-5,14-16H,6-11H2,1-2H3,(H,20,21). The summed E-state index contributed by atoms with van der Waals surface area (Å²) in [7, 11) is 0. The molecule has 4 fully saturated rings. The molecule has 0 aliphatic heterocycles. The van der Waals surface area contributed by atoms with Gasteiger partial charge in [-0.2, -0.15) is 0 Å². The van der Waals surface area contributed by atoms with Crippen LogP contribution in [0.1, 0.15) is 49.7 Å². The van der Waals surface area contributed by atoms with Gasteiger partial charge in [-0.25, -0.2) is 0 Å². The number of benzene rings is 1. The topological polar surface area (TPSA) is 29.1 Å². The number of rotatable bonds is 2. The number of para-hydroxylation sites is 1. The van der Waals surface area contributed by atoms with Crippen LogP contribution in [0.4, 0.5) is 5.69 Å². The molecule has 2 nitrogen and oxygen atoms in total. The van der Waals surface area contributed by atoms with Gasteiger partial charge in [0.15, 0.2) is 0 Å². The van der Waals surface area contributed by atoms with Gasteiger partial charge in [0.25, 0.3) is 0 Å². The number of anilines is 1. The minimum Gasteiger partial charge on any atom is -0.325 e. The predicted octanol–water partition coefficient (Wildman–Crippen LogP) is 4.46. The lowest BCUT2D eigenvalue weighted by Gasteiger charge is -2.55. The zero-order valence-corrected chi connectivity index (χ0v) is 13.1. The molecule has 4 aliphatic rings. The average Bonchev–Trinajstić information content (AvgIpc) is 2.41. The van der Waals surface area contributed by atoms with Gasteiger partial charge in [-0.3, -0.25) is 4.79 Å². The van der Waals surface area contributed by atoms with E-state index < -0.39 is 0 Å². The summed E-state index contributed by atoms with van der Waals surface area (Å²) in [6, 6.07) is 6.23. The molecule has 0 saturated heterocycles. The highest BCUT2D eigenvalue weighted by Crippen LogP contribution is 2.60. The molecule has 0 aromatic heterocycles. The van der Waals surface area contributed by atoms with Crippen molar-refractivity contribution >= 4 is 11.6 Å². The highest BCUT2D eigenvalue weighted by molar-refractivity contribution is 5.96. The second-order valence-electron chi connectivity index (χ2n) is 7.92. The van der Waals surface area contributed by atoms with Crippen LogP contribution in [-0.2, 0) is 4.79 Å². The number of amides is 1. The van der Waals surface area contributed by atoms with E-state index in [9.17, 15) is 4.79 Å². The van der Waals surface area contributed by atoms with E-state index in [0.717, 1.165) is 42.7 Å². The molecule has 112 valence electrons. The van der Waals surface area contributed by atoms with Crippen molar-refractivity contribution in [2.45, 2.75) is 52.4 Å². The Morgan fingerprint density at radius 2 is 1.48 bits per heavy atom. The van der Waals surface area contributed by atoms with Crippen molar-refractivity contribution in [3.8, 4) is 0 Å². The van der Waals surface area contributed by atoms with Crippen molar-refractivity contribution in [2.75, 3.05) is 5.32 Å². The fourth-order valence-electron chi connectivity index (χ4n) is 5.65. The van der Waals surface area contributed by atoms with Gasteiger partial charge in [-0.05, 0) is 81.3 Å². The maximum absolute atomic E-state index is 13.1. The quantitative estimate of drug-likeness (QED) is 0.853. The van der Waals surface area contributed by atoms with Crippen LogP contribution in [0.15, 0.2) is 18.2 Å². The summed E-state index contributed by atoms with van der Waals surface area (Å²) in [6.07, 6.45) is 7.56. The van der Waals surface area contributed by atoms with Gasteiger partial charge >= 0.3 is 0 Å². The molecule has 0 radical (unpaired) electrons. The summed E-state index contributed by atoms with van der Waals surface area (Å²) in [5.74, 6) is 2.76. The SMILES string of the molecule is Cc1cccc(C)c1NC(=O)C12CC3CC(CC(C3)C1)C2. The molecule has 0 spiro atoms. The van der Waals surface area contributed by atoms with Crippen LogP contribution in [0.2, 0.25) is 0 Å². The third-order valence-electron chi connectivity index (χ3n) is 6.24. The van der Waals surface area contributed by atoms with Crippen molar-refractivity contribution in [1.82, 2.24) is 0 Å². The third kappa shape index (κ3) is 2.11. The Hall–Kier alpha value is -1.31. The Morgan fingerprint density at radius 1 is 1.00 bits per heavy atom. The lowest BCUT2D eigenvalue weighted by Crippen LogP contribution is -2.51. The maximum Gasteiger partial charge on any atom is 0.230 e. The van der Waals surface area contributed by atoms with E-state index in [1.165, 1.54) is 30.4 Å². The molecular formula is C19H25NO. The van der Waals surface area contributed by atoms with Crippen LogP contribution in [-0.4, -0.2) is 5.91 Å². The van der Waals surface area contributed by atoms with Gasteiger partial charge in [0.2, 0.25) is 5.91 Å². The van der Waals surface area contributed by atoms with Crippen LogP contribution >= 0.6 is 0 Å². The lowest BCUT2D eigenvalue weighted by atomic mass is 9.49. The maximum atomic E-state index is 13.1. The highest BCUT2D eigenvalue weighted by atomic mass is 16.2. The Kier molecular flexibility index (Phi) is 2.92. The van der Waals surface area contributed by atoms with E-state index in [2.05, 4.69) is 37.4 Å². The number of hydrogen-bond donors (Lipinski definition) is 1. The molecule has 0 atom stereocenters. The largest absolute Gasteiger partial charge is 0.325 e. The summed E-state index contributed by atoms with van der Waals surface area (Å²) >= 11 is 0. The fraction of sp³-hybridized carbons (Fsp3) is 0.632. The van der Waals surface area contributed by atoms with E-state index >= 15 is 0 Å². The molecule has 4 bridgehead atoms. The summed E-state index contributed by atoms with van der Waals surface area (Å²) in [5.41, 5.74) is 3.34. The first kappa shape index (κ1) is 13.4. The number of carbonyl (C=O) groups is 1. The molecule has 1 amide bonds. The Bertz CT molecular complexity index is 534. The summed E-state index contributed by atoms with van der Waals surface area (Å²) in [4.78, 5) is 13.1. The molecule has 4 aliphatic carbocycles. The van der Waals surface area contributed by atoms with Gasteiger partial charge in [0.1, 0.15) is 0 Å². The second kappa shape index (κ2) is 4.59. The molecule has 0 unspecified atom stereocenters. The Labute approximate surface area is 127 Å². The number of nitrogens with one attached hydrogen (secondary N) is 1. The molecule has 1 N–H and O–H groups in total. The van der Waals surface area contributed by atoms with Crippen LogP contribution in [0.3, 0.4) is 0 Å². The molecule has 0 heterocycles. The molecule has 5 rings (SSSR count). The van der Waals surface area contributed by atoms with E-state index in [4.69, 9.17) is 0 Å². The monoisotopic (exact) mass is 283 g/mol.